The summed E-state index contributed by atoms with van der Waals surface area (Å²) in [6, 6.07) is 19.9. The zero-order valence-electron chi connectivity index (χ0n) is 17.1. The van der Waals surface area contributed by atoms with Gasteiger partial charge in [-0.1, -0.05) is 48.5 Å². The van der Waals surface area contributed by atoms with Crippen LogP contribution in [-0.2, 0) is 20.7 Å². The standard InChI is InChI=1S/C24H28N2O4/c27-22(28)17-21-23(29)26(20-9-5-2-6-10-20)18-24(30-21)12-15-25(16-13-24)14-11-19-7-3-1-4-8-19/h1-10,21H,11-18H2,(H,27,28). The summed E-state index contributed by atoms with van der Waals surface area (Å²) >= 11 is 0. The van der Waals surface area contributed by atoms with E-state index in [0.29, 0.717) is 6.54 Å². The minimum Gasteiger partial charge on any atom is -0.481 e. The van der Waals surface area contributed by atoms with Crippen LogP contribution in [0.15, 0.2) is 60.7 Å². The molecule has 2 fully saturated rings. The van der Waals surface area contributed by atoms with Gasteiger partial charge in [0.05, 0.1) is 18.6 Å². The van der Waals surface area contributed by atoms with Crippen LogP contribution in [0.3, 0.4) is 0 Å². The number of carbonyl (C=O) groups excluding carboxylic acids is 1. The van der Waals surface area contributed by atoms with E-state index in [1.807, 2.05) is 36.4 Å². The second-order valence-corrected chi connectivity index (χ2v) is 8.22. The Kier molecular flexibility index (Phi) is 6.16. The molecule has 6 nitrogen and oxygen atoms in total. The number of ether oxygens (including phenoxy) is 1. The number of carboxylic acids is 1. The highest BCUT2D eigenvalue weighted by Gasteiger charge is 2.47. The number of piperidine rings is 1. The molecule has 1 N–H and O–H groups in total. The molecule has 1 amide bonds. The first-order valence-corrected chi connectivity index (χ1v) is 10.6. The van der Waals surface area contributed by atoms with Gasteiger partial charge in [0.2, 0.25) is 0 Å². The van der Waals surface area contributed by atoms with Crippen molar-refractivity contribution in [3.63, 3.8) is 0 Å². The van der Waals surface area contributed by atoms with Gasteiger partial charge in [0.25, 0.3) is 5.91 Å². The quantitative estimate of drug-likeness (QED) is 0.796. The number of benzene rings is 2. The first kappa shape index (κ1) is 20.6. The van der Waals surface area contributed by atoms with Crippen molar-refractivity contribution in [2.75, 3.05) is 31.1 Å². The number of rotatable bonds is 6. The number of para-hydroxylation sites is 1. The average molecular weight is 408 g/mol. The van der Waals surface area contributed by atoms with Crippen molar-refractivity contribution in [3.8, 4) is 0 Å². The van der Waals surface area contributed by atoms with Crippen LogP contribution < -0.4 is 4.90 Å². The van der Waals surface area contributed by atoms with Crippen LogP contribution in [0.25, 0.3) is 0 Å². The monoisotopic (exact) mass is 408 g/mol. The number of hydrogen-bond donors (Lipinski definition) is 1. The number of hydrogen-bond acceptors (Lipinski definition) is 4. The highest BCUT2D eigenvalue weighted by Crippen LogP contribution is 2.35. The maximum Gasteiger partial charge on any atom is 0.306 e. The van der Waals surface area contributed by atoms with Gasteiger partial charge in [-0.2, -0.15) is 0 Å². The summed E-state index contributed by atoms with van der Waals surface area (Å²) in [5.41, 5.74) is 1.63. The summed E-state index contributed by atoms with van der Waals surface area (Å²) in [5.74, 6) is -1.28. The van der Waals surface area contributed by atoms with Gasteiger partial charge in [-0.05, 0) is 37.0 Å². The molecule has 0 saturated carbocycles. The van der Waals surface area contributed by atoms with Gasteiger partial charge in [-0.3, -0.25) is 9.59 Å². The number of likely N-dealkylation sites (tertiary alicyclic amines) is 1. The highest BCUT2D eigenvalue weighted by molar-refractivity contribution is 5.99. The Balaban J connectivity index is 1.44. The van der Waals surface area contributed by atoms with Crippen molar-refractivity contribution >= 4 is 17.6 Å². The molecule has 2 aromatic carbocycles. The van der Waals surface area contributed by atoms with Crippen molar-refractivity contribution < 1.29 is 19.4 Å². The second-order valence-electron chi connectivity index (χ2n) is 8.22. The number of morpholine rings is 1. The third-order valence-electron chi connectivity index (χ3n) is 6.13. The molecular weight excluding hydrogens is 380 g/mol. The maximum atomic E-state index is 12.9. The third-order valence-corrected chi connectivity index (χ3v) is 6.13. The van der Waals surface area contributed by atoms with E-state index in [1.54, 1.807) is 4.90 Å². The molecule has 30 heavy (non-hydrogen) atoms. The Morgan fingerprint density at radius 1 is 1.03 bits per heavy atom. The van der Waals surface area contributed by atoms with Crippen LogP contribution >= 0.6 is 0 Å². The topological polar surface area (TPSA) is 70.1 Å². The van der Waals surface area contributed by atoms with Gasteiger partial charge in [0, 0.05) is 25.3 Å². The van der Waals surface area contributed by atoms with Crippen LogP contribution in [0.2, 0.25) is 0 Å². The number of nitrogens with zero attached hydrogens (tertiary/aromatic N) is 2. The van der Waals surface area contributed by atoms with Gasteiger partial charge >= 0.3 is 5.97 Å². The molecule has 0 aromatic heterocycles. The second kappa shape index (κ2) is 8.98. The molecule has 158 valence electrons. The Morgan fingerprint density at radius 3 is 2.30 bits per heavy atom. The number of amides is 1. The van der Waals surface area contributed by atoms with E-state index in [0.717, 1.165) is 44.6 Å². The minimum atomic E-state index is -1.02. The molecule has 0 bridgehead atoms. The molecule has 1 spiro atoms. The van der Waals surface area contributed by atoms with Crippen molar-refractivity contribution in [2.24, 2.45) is 0 Å². The first-order valence-electron chi connectivity index (χ1n) is 10.6. The molecule has 2 aliphatic heterocycles. The molecule has 0 aliphatic carbocycles. The van der Waals surface area contributed by atoms with E-state index in [9.17, 15) is 14.7 Å². The smallest absolute Gasteiger partial charge is 0.306 e. The molecule has 6 heteroatoms. The van der Waals surface area contributed by atoms with Gasteiger partial charge in [0.1, 0.15) is 6.10 Å². The summed E-state index contributed by atoms with van der Waals surface area (Å²) in [7, 11) is 0. The maximum absolute atomic E-state index is 12.9. The fraction of sp³-hybridized carbons (Fsp3) is 0.417. The van der Waals surface area contributed by atoms with Crippen molar-refractivity contribution in [3.05, 3.63) is 66.2 Å². The van der Waals surface area contributed by atoms with Crippen molar-refractivity contribution in [1.82, 2.24) is 4.90 Å². The predicted octanol–water partition coefficient (Wildman–Crippen LogP) is 2.97. The summed E-state index contributed by atoms with van der Waals surface area (Å²) in [6.07, 6.45) is 1.34. The van der Waals surface area contributed by atoms with E-state index >= 15 is 0 Å². The first-order chi connectivity index (χ1) is 14.5. The molecule has 0 radical (unpaired) electrons. The van der Waals surface area contributed by atoms with Gasteiger partial charge < -0.3 is 19.6 Å². The average Bonchev–Trinajstić information content (AvgIpc) is 2.77. The Bertz CT molecular complexity index is 863. The number of anilines is 1. The fourth-order valence-electron chi connectivity index (χ4n) is 4.44. The van der Waals surface area contributed by atoms with Gasteiger partial charge in [-0.15, -0.1) is 0 Å². The SMILES string of the molecule is O=C(O)CC1OC2(CCN(CCc3ccccc3)CC2)CN(c2ccccc2)C1=O. The summed E-state index contributed by atoms with van der Waals surface area (Å²) in [4.78, 5) is 28.4. The Labute approximate surface area is 177 Å². The van der Waals surface area contributed by atoms with E-state index in [-0.39, 0.29) is 12.3 Å². The lowest BCUT2D eigenvalue weighted by Crippen LogP contribution is -2.62. The van der Waals surface area contributed by atoms with Crippen LogP contribution in [0.4, 0.5) is 5.69 Å². The molecule has 1 unspecified atom stereocenters. The third kappa shape index (κ3) is 4.71. The van der Waals surface area contributed by atoms with Crippen LogP contribution in [0, 0.1) is 0 Å². The zero-order valence-corrected chi connectivity index (χ0v) is 17.1. The lowest BCUT2D eigenvalue weighted by atomic mass is 9.87. The number of carbonyl (C=O) groups is 2. The van der Waals surface area contributed by atoms with Gasteiger partial charge in [0.15, 0.2) is 0 Å². The van der Waals surface area contributed by atoms with E-state index in [4.69, 9.17) is 4.74 Å². The number of carboxylic acid groups (broad SMARTS) is 1. The van der Waals surface area contributed by atoms with E-state index < -0.39 is 17.7 Å². The van der Waals surface area contributed by atoms with Crippen molar-refractivity contribution in [1.29, 1.82) is 0 Å². The minimum absolute atomic E-state index is 0.263. The number of aliphatic carboxylic acids is 1. The summed E-state index contributed by atoms with van der Waals surface area (Å²) in [5, 5.41) is 9.29. The fourth-order valence-corrected chi connectivity index (χ4v) is 4.44. The Morgan fingerprint density at radius 2 is 1.67 bits per heavy atom. The molecule has 2 aromatic rings. The van der Waals surface area contributed by atoms with E-state index in [2.05, 4.69) is 29.2 Å². The van der Waals surface area contributed by atoms with Crippen LogP contribution in [-0.4, -0.2) is 59.8 Å². The Hall–Kier alpha value is -2.70. The van der Waals surface area contributed by atoms with E-state index in [1.165, 1.54) is 5.56 Å². The van der Waals surface area contributed by atoms with Gasteiger partial charge in [-0.25, -0.2) is 0 Å². The highest BCUT2D eigenvalue weighted by atomic mass is 16.5. The predicted molar refractivity (Wildman–Crippen MR) is 114 cm³/mol. The molecule has 1 atom stereocenters. The molecule has 2 heterocycles. The lowest BCUT2D eigenvalue weighted by Gasteiger charge is -2.49. The molecular formula is C24H28N2O4. The summed E-state index contributed by atoms with van der Waals surface area (Å²) < 4.78 is 6.20. The zero-order chi connectivity index (χ0) is 21.0. The molecule has 4 rings (SSSR count). The van der Waals surface area contributed by atoms with Crippen LogP contribution in [0.1, 0.15) is 24.8 Å². The van der Waals surface area contributed by atoms with Crippen molar-refractivity contribution in [2.45, 2.75) is 37.4 Å². The summed E-state index contributed by atoms with van der Waals surface area (Å²) in [6.45, 7) is 3.21. The lowest BCUT2D eigenvalue weighted by molar-refractivity contribution is -0.171. The normalized spacial score (nSPS) is 21.7. The largest absolute Gasteiger partial charge is 0.481 e. The molecule has 2 aliphatic rings. The van der Waals surface area contributed by atoms with Crippen LogP contribution in [0.5, 0.6) is 0 Å². The molecule has 2 saturated heterocycles.